The highest BCUT2D eigenvalue weighted by Gasteiger charge is 2.43. The highest BCUT2D eigenvalue weighted by atomic mass is 32.2. The monoisotopic (exact) mass is 395 g/mol. The Morgan fingerprint density at radius 1 is 1.11 bits per heavy atom. The van der Waals surface area contributed by atoms with Gasteiger partial charge in [-0.2, -0.15) is 8.42 Å². The zero-order valence-electron chi connectivity index (χ0n) is 15.6. The molecule has 1 aromatic carbocycles. The number of nitrogens with zero attached hydrogens (tertiary/aromatic N) is 3. The number of benzene rings is 1. The van der Waals surface area contributed by atoms with Gasteiger partial charge in [0.05, 0.1) is 30.4 Å². The molecule has 2 aliphatic heterocycles. The quantitative estimate of drug-likeness (QED) is 0.706. The molecule has 1 fully saturated rings. The van der Waals surface area contributed by atoms with Crippen molar-refractivity contribution >= 4 is 33.5 Å². The van der Waals surface area contributed by atoms with Crippen molar-refractivity contribution in [1.29, 1.82) is 0 Å². The van der Waals surface area contributed by atoms with Gasteiger partial charge in [-0.15, -0.1) is 0 Å². The van der Waals surface area contributed by atoms with Crippen molar-refractivity contribution in [2.24, 2.45) is 0 Å². The SMILES string of the molecule is CCOC(=O)CCC(=O)N1CCC(N2c3ccccc3N(C)S2(=O)=O)CC1. The second-order valence-electron chi connectivity index (χ2n) is 6.68. The Balaban J connectivity index is 1.63. The average molecular weight is 395 g/mol. The molecule has 1 saturated heterocycles. The number of carbonyl (C=O) groups excluding carboxylic acids is 2. The fourth-order valence-electron chi connectivity index (χ4n) is 3.63. The lowest BCUT2D eigenvalue weighted by Gasteiger charge is -2.36. The Morgan fingerprint density at radius 2 is 1.74 bits per heavy atom. The maximum absolute atomic E-state index is 12.8. The third-order valence-electron chi connectivity index (χ3n) is 5.05. The molecule has 1 amide bonds. The Morgan fingerprint density at radius 3 is 2.37 bits per heavy atom. The second-order valence-corrected chi connectivity index (χ2v) is 8.51. The maximum atomic E-state index is 12.8. The number of carbonyl (C=O) groups is 2. The molecule has 0 atom stereocenters. The van der Waals surface area contributed by atoms with E-state index < -0.39 is 10.2 Å². The molecule has 2 heterocycles. The number of rotatable bonds is 5. The molecule has 0 unspecified atom stereocenters. The normalized spacial score (nSPS) is 19.1. The zero-order valence-corrected chi connectivity index (χ0v) is 16.4. The van der Waals surface area contributed by atoms with Crippen LogP contribution in [-0.4, -0.2) is 58.0 Å². The van der Waals surface area contributed by atoms with Gasteiger partial charge in [-0.05, 0) is 31.9 Å². The topological polar surface area (TPSA) is 87.2 Å². The molecular formula is C18H25N3O5S. The number of hydrogen-bond donors (Lipinski definition) is 0. The largest absolute Gasteiger partial charge is 0.466 e. The van der Waals surface area contributed by atoms with E-state index in [2.05, 4.69) is 0 Å². The van der Waals surface area contributed by atoms with Crippen LogP contribution in [0.2, 0.25) is 0 Å². The Kier molecular flexibility index (Phi) is 5.59. The molecule has 0 N–H and O–H groups in total. The van der Waals surface area contributed by atoms with Crippen molar-refractivity contribution in [3.8, 4) is 0 Å². The summed E-state index contributed by atoms with van der Waals surface area (Å²) in [6.45, 7) is 2.99. The minimum absolute atomic E-state index is 0.0747. The number of para-hydroxylation sites is 2. The number of piperidine rings is 1. The Hall–Kier alpha value is -2.29. The summed E-state index contributed by atoms with van der Waals surface area (Å²) in [4.78, 5) is 25.4. The van der Waals surface area contributed by atoms with Gasteiger partial charge in [0, 0.05) is 26.6 Å². The van der Waals surface area contributed by atoms with Gasteiger partial charge in [0.15, 0.2) is 0 Å². The first kappa shape index (κ1) is 19.5. The molecule has 0 aromatic heterocycles. The molecule has 3 rings (SSSR count). The summed E-state index contributed by atoms with van der Waals surface area (Å²) >= 11 is 0. The van der Waals surface area contributed by atoms with Crippen LogP contribution in [0.4, 0.5) is 11.4 Å². The van der Waals surface area contributed by atoms with Crippen LogP contribution in [0.1, 0.15) is 32.6 Å². The molecule has 148 valence electrons. The van der Waals surface area contributed by atoms with Gasteiger partial charge in [0.25, 0.3) is 0 Å². The van der Waals surface area contributed by atoms with Crippen LogP contribution in [0.15, 0.2) is 24.3 Å². The maximum Gasteiger partial charge on any atom is 0.326 e. The number of anilines is 2. The number of ether oxygens (including phenoxy) is 1. The Labute approximate surface area is 159 Å². The predicted molar refractivity (Wildman–Crippen MR) is 102 cm³/mol. The molecule has 9 heteroatoms. The Bertz CT molecular complexity index is 818. The molecule has 0 saturated carbocycles. The van der Waals surface area contributed by atoms with E-state index in [-0.39, 0.29) is 30.8 Å². The highest BCUT2D eigenvalue weighted by Crippen LogP contribution is 2.42. The van der Waals surface area contributed by atoms with Crippen LogP contribution < -0.4 is 8.61 Å². The van der Waals surface area contributed by atoms with Crippen molar-refractivity contribution in [3.63, 3.8) is 0 Å². The molecule has 1 aromatic rings. The third kappa shape index (κ3) is 3.73. The number of amides is 1. The van der Waals surface area contributed by atoms with E-state index in [1.54, 1.807) is 24.9 Å². The van der Waals surface area contributed by atoms with Crippen LogP contribution in [0.5, 0.6) is 0 Å². The van der Waals surface area contributed by atoms with Gasteiger partial charge in [-0.25, -0.2) is 4.31 Å². The van der Waals surface area contributed by atoms with Gasteiger partial charge in [-0.3, -0.25) is 13.9 Å². The first-order valence-corrected chi connectivity index (χ1v) is 10.6. The lowest BCUT2D eigenvalue weighted by Crippen LogP contribution is -2.49. The summed E-state index contributed by atoms with van der Waals surface area (Å²) in [5.74, 6) is -0.466. The van der Waals surface area contributed by atoms with Crippen LogP contribution in [0, 0.1) is 0 Å². The second kappa shape index (κ2) is 7.75. The molecule has 8 nitrogen and oxygen atoms in total. The van der Waals surface area contributed by atoms with Gasteiger partial charge in [0.2, 0.25) is 5.91 Å². The number of fused-ring (bicyclic) bond motifs is 1. The summed E-state index contributed by atoms with van der Waals surface area (Å²) in [6, 6.07) is 7.07. The standard InChI is InChI=1S/C18H25N3O5S/c1-3-26-18(23)9-8-17(22)20-12-10-14(11-13-20)21-16-7-5-4-6-15(16)19(2)27(21,24)25/h4-7,14H,3,8-13H2,1-2H3. The van der Waals surface area contributed by atoms with Crippen molar-refractivity contribution in [3.05, 3.63) is 24.3 Å². The van der Waals surface area contributed by atoms with E-state index in [0.29, 0.717) is 43.9 Å². The summed E-state index contributed by atoms with van der Waals surface area (Å²) in [6.07, 6.45) is 1.32. The average Bonchev–Trinajstić information content (AvgIpc) is 2.86. The molecule has 27 heavy (non-hydrogen) atoms. The van der Waals surface area contributed by atoms with E-state index in [9.17, 15) is 18.0 Å². The van der Waals surface area contributed by atoms with Crippen molar-refractivity contribution in [2.75, 3.05) is 35.4 Å². The molecule has 2 aliphatic rings. The lowest BCUT2D eigenvalue weighted by molar-refractivity contribution is -0.145. The van der Waals surface area contributed by atoms with Crippen LogP contribution >= 0.6 is 0 Å². The van der Waals surface area contributed by atoms with Gasteiger partial charge in [-0.1, -0.05) is 12.1 Å². The summed E-state index contributed by atoms with van der Waals surface area (Å²) in [5.41, 5.74) is 1.36. The van der Waals surface area contributed by atoms with Gasteiger partial charge in [0.1, 0.15) is 0 Å². The minimum atomic E-state index is -3.59. The predicted octanol–water partition coefficient (Wildman–Crippen LogP) is 1.52. The van der Waals surface area contributed by atoms with E-state index in [1.807, 2.05) is 18.2 Å². The number of hydrogen-bond acceptors (Lipinski definition) is 5. The van der Waals surface area contributed by atoms with Crippen molar-refractivity contribution in [1.82, 2.24) is 4.90 Å². The number of likely N-dealkylation sites (tertiary alicyclic amines) is 1. The number of esters is 1. The van der Waals surface area contributed by atoms with Crippen LogP contribution in [-0.2, 0) is 24.5 Å². The summed E-state index contributed by atoms with van der Waals surface area (Å²) in [7, 11) is -2.03. The fourth-order valence-corrected chi connectivity index (χ4v) is 5.29. The van der Waals surface area contributed by atoms with Crippen LogP contribution in [0.3, 0.4) is 0 Å². The van der Waals surface area contributed by atoms with Crippen molar-refractivity contribution < 1.29 is 22.7 Å². The molecule has 0 bridgehead atoms. The zero-order chi connectivity index (χ0) is 19.6. The highest BCUT2D eigenvalue weighted by molar-refractivity contribution is 7.94. The summed E-state index contributed by atoms with van der Waals surface area (Å²) in [5, 5.41) is 0. The van der Waals surface area contributed by atoms with E-state index >= 15 is 0 Å². The first-order valence-electron chi connectivity index (χ1n) is 9.17. The molecule has 0 spiro atoms. The molecular weight excluding hydrogens is 370 g/mol. The summed E-state index contributed by atoms with van der Waals surface area (Å²) < 4.78 is 33.3. The third-order valence-corrected chi connectivity index (χ3v) is 6.93. The minimum Gasteiger partial charge on any atom is -0.466 e. The van der Waals surface area contributed by atoms with E-state index in [0.717, 1.165) is 0 Å². The van der Waals surface area contributed by atoms with Crippen LogP contribution in [0.25, 0.3) is 0 Å². The van der Waals surface area contributed by atoms with E-state index in [4.69, 9.17) is 4.74 Å². The van der Waals surface area contributed by atoms with E-state index in [1.165, 1.54) is 8.61 Å². The lowest BCUT2D eigenvalue weighted by atomic mass is 10.0. The molecule has 0 radical (unpaired) electrons. The van der Waals surface area contributed by atoms with Crippen molar-refractivity contribution in [2.45, 2.75) is 38.6 Å². The molecule has 0 aliphatic carbocycles. The fraction of sp³-hybridized carbons (Fsp3) is 0.556. The van der Waals surface area contributed by atoms with Gasteiger partial charge >= 0.3 is 16.2 Å². The van der Waals surface area contributed by atoms with Gasteiger partial charge < -0.3 is 9.64 Å². The first-order chi connectivity index (χ1) is 12.9. The smallest absolute Gasteiger partial charge is 0.326 e.